The van der Waals surface area contributed by atoms with Crippen molar-refractivity contribution in [3.63, 3.8) is 0 Å². The van der Waals surface area contributed by atoms with E-state index < -0.39 is 0 Å². The number of aliphatic hydroxyl groups excluding tert-OH is 1. The highest BCUT2D eigenvalue weighted by Crippen LogP contribution is 2.25. The molecule has 0 saturated heterocycles. The number of benzene rings is 1. The number of aliphatic hydroxyl groups is 1. The fraction of sp³-hybridized carbons (Fsp3) is 0.125. The van der Waals surface area contributed by atoms with Crippen molar-refractivity contribution in [1.29, 1.82) is 0 Å². The first-order valence-corrected chi connectivity index (χ1v) is 4.37. The molecule has 4 heteroatoms. The van der Waals surface area contributed by atoms with Gasteiger partial charge in [-0.2, -0.15) is 0 Å². The fourth-order valence-corrected chi connectivity index (χ4v) is 1.93. The van der Waals surface area contributed by atoms with E-state index in [2.05, 4.69) is 4.98 Å². The summed E-state index contributed by atoms with van der Waals surface area (Å²) < 4.78 is 1.03. The molecule has 0 spiro atoms. The summed E-state index contributed by atoms with van der Waals surface area (Å²) in [6.45, 7) is 0.0144. The lowest BCUT2D eigenvalue weighted by atomic mass is 10.2. The Labute approximate surface area is 73.5 Å². The maximum Gasteiger partial charge on any atom is 0.181 e. The van der Waals surface area contributed by atoms with Crippen LogP contribution in [0.3, 0.4) is 0 Å². The average Bonchev–Trinajstić information content (AvgIpc) is 2.44. The lowest BCUT2D eigenvalue weighted by Crippen LogP contribution is -1.85. The van der Waals surface area contributed by atoms with Crippen LogP contribution in [0.1, 0.15) is 5.56 Å². The average molecular weight is 180 g/mol. The highest BCUT2D eigenvalue weighted by molar-refractivity contribution is 7.22. The van der Waals surface area contributed by atoms with Crippen LogP contribution < -0.4 is 5.73 Å². The van der Waals surface area contributed by atoms with Crippen LogP contribution in [0.2, 0.25) is 0 Å². The number of para-hydroxylation sites is 1. The molecule has 2 rings (SSSR count). The quantitative estimate of drug-likeness (QED) is 0.696. The summed E-state index contributed by atoms with van der Waals surface area (Å²) in [5.74, 6) is 0. The van der Waals surface area contributed by atoms with Crippen molar-refractivity contribution in [2.45, 2.75) is 6.61 Å². The van der Waals surface area contributed by atoms with Crippen LogP contribution in [0.25, 0.3) is 10.2 Å². The summed E-state index contributed by atoms with van der Waals surface area (Å²) in [4.78, 5) is 4.12. The molecule has 3 N–H and O–H groups in total. The van der Waals surface area contributed by atoms with Crippen LogP contribution in [0.15, 0.2) is 18.2 Å². The predicted octanol–water partition coefficient (Wildman–Crippen LogP) is 1.37. The number of hydrogen-bond acceptors (Lipinski definition) is 4. The number of nitrogens with zero attached hydrogens (tertiary/aromatic N) is 1. The third kappa shape index (κ3) is 1.05. The van der Waals surface area contributed by atoms with Gasteiger partial charge in [0.05, 0.1) is 16.8 Å². The van der Waals surface area contributed by atoms with Crippen LogP contribution in [-0.2, 0) is 6.61 Å². The smallest absolute Gasteiger partial charge is 0.181 e. The zero-order chi connectivity index (χ0) is 8.55. The molecule has 3 nitrogen and oxygen atoms in total. The van der Waals surface area contributed by atoms with Gasteiger partial charge >= 0.3 is 0 Å². The van der Waals surface area contributed by atoms with Gasteiger partial charge in [0.25, 0.3) is 0 Å². The summed E-state index contributed by atoms with van der Waals surface area (Å²) >= 11 is 1.44. The molecule has 0 radical (unpaired) electrons. The van der Waals surface area contributed by atoms with E-state index in [9.17, 15) is 0 Å². The van der Waals surface area contributed by atoms with Gasteiger partial charge in [0.1, 0.15) is 0 Å². The van der Waals surface area contributed by atoms with Gasteiger partial charge in [0, 0.05) is 5.56 Å². The van der Waals surface area contributed by atoms with Crippen LogP contribution >= 0.6 is 11.3 Å². The minimum Gasteiger partial charge on any atom is -0.392 e. The maximum atomic E-state index is 8.97. The van der Waals surface area contributed by atoms with E-state index in [-0.39, 0.29) is 6.61 Å². The molecule has 1 aromatic carbocycles. The van der Waals surface area contributed by atoms with Crippen molar-refractivity contribution >= 4 is 26.7 Å². The van der Waals surface area contributed by atoms with Gasteiger partial charge in [-0.15, -0.1) is 0 Å². The number of rotatable bonds is 1. The molecular weight excluding hydrogens is 172 g/mol. The van der Waals surface area contributed by atoms with Crippen molar-refractivity contribution in [3.05, 3.63) is 23.8 Å². The highest BCUT2D eigenvalue weighted by atomic mass is 32.1. The van der Waals surface area contributed by atoms with Gasteiger partial charge in [-0.05, 0) is 6.07 Å². The predicted molar refractivity (Wildman–Crippen MR) is 50.0 cm³/mol. The summed E-state index contributed by atoms with van der Waals surface area (Å²) in [6.07, 6.45) is 0. The molecule has 0 aliphatic heterocycles. The lowest BCUT2D eigenvalue weighted by Gasteiger charge is -1.94. The van der Waals surface area contributed by atoms with Gasteiger partial charge in [-0.1, -0.05) is 23.5 Å². The number of nitrogen functional groups attached to an aromatic ring is 1. The first-order chi connectivity index (χ1) is 5.81. The maximum absolute atomic E-state index is 8.97. The molecular formula is C8H8N2OS. The van der Waals surface area contributed by atoms with E-state index in [1.165, 1.54) is 11.3 Å². The van der Waals surface area contributed by atoms with Gasteiger partial charge < -0.3 is 10.8 Å². The molecule has 0 saturated carbocycles. The number of thiazole rings is 1. The lowest BCUT2D eigenvalue weighted by molar-refractivity contribution is 0.283. The number of anilines is 1. The van der Waals surface area contributed by atoms with Crippen molar-refractivity contribution in [1.82, 2.24) is 4.98 Å². The van der Waals surface area contributed by atoms with Crippen molar-refractivity contribution in [2.24, 2.45) is 0 Å². The number of aromatic nitrogens is 1. The van der Waals surface area contributed by atoms with Crippen molar-refractivity contribution in [2.75, 3.05) is 5.73 Å². The summed E-state index contributed by atoms with van der Waals surface area (Å²) in [5.41, 5.74) is 7.20. The van der Waals surface area contributed by atoms with Crippen molar-refractivity contribution in [3.8, 4) is 0 Å². The number of hydrogen-bond donors (Lipinski definition) is 2. The van der Waals surface area contributed by atoms with Crippen LogP contribution in [0, 0.1) is 0 Å². The van der Waals surface area contributed by atoms with Gasteiger partial charge in [-0.25, -0.2) is 4.98 Å². The highest BCUT2D eigenvalue weighted by Gasteiger charge is 2.04. The third-order valence-corrected chi connectivity index (χ3v) is 2.54. The standard InChI is InChI=1S/C8H8N2OS/c9-8-10-7-5(4-11)2-1-3-6(7)12-8/h1-3,11H,4H2,(H2,9,10). The van der Waals surface area contributed by atoms with E-state index in [1.54, 1.807) is 0 Å². The molecule has 1 aromatic heterocycles. The molecule has 0 bridgehead atoms. The topological polar surface area (TPSA) is 59.1 Å². The Morgan fingerprint density at radius 3 is 3.08 bits per heavy atom. The largest absolute Gasteiger partial charge is 0.392 e. The summed E-state index contributed by atoms with van der Waals surface area (Å²) in [5, 5.41) is 9.52. The van der Waals surface area contributed by atoms with Crippen LogP contribution in [-0.4, -0.2) is 10.1 Å². The Balaban J connectivity index is 2.78. The van der Waals surface area contributed by atoms with E-state index in [1.807, 2.05) is 18.2 Å². The molecule has 62 valence electrons. The number of nitrogens with two attached hydrogens (primary N) is 1. The minimum absolute atomic E-state index is 0.0144. The van der Waals surface area contributed by atoms with E-state index in [4.69, 9.17) is 10.8 Å². The zero-order valence-electron chi connectivity index (χ0n) is 6.32. The molecule has 0 aliphatic carbocycles. The molecule has 2 aromatic rings. The molecule has 1 heterocycles. The number of fused-ring (bicyclic) bond motifs is 1. The molecule has 0 atom stereocenters. The SMILES string of the molecule is Nc1nc2c(CO)cccc2s1. The van der Waals surface area contributed by atoms with E-state index in [0.717, 1.165) is 15.8 Å². The molecule has 0 unspecified atom stereocenters. The zero-order valence-corrected chi connectivity index (χ0v) is 7.14. The first-order valence-electron chi connectivity index (χ1n) is 3.56. The van der Waals surface area contributed by atoms with Crippen LogP contribution in [0.4, 0.5) is 5.13 Å². The second-order valence-electron chi connectivity index (χ2n) is 2.47. The normalized spacial score (nSPS) is 10.8. The third-order valence-electron chi connectivity index (χ3n) is 1.69. The van der Waals surface area contributed by atoms with Crippen molar-refractivity contribution < 1.29 is 5.11 Å². The van der Waals surface area contributed by atoms with E-state index >= 15 is 0 Å². The molecule has 0 fully saturated rings. The second-order valence-corrected chi connectivity index (χ2v) is 3.54. The van der Waals surface area contributed by atoms with E-state index in [0.29, 0.717) is 5.13 Å². The fourth-order valence-electron chi connectivity index (χ4n) is 1.15. The summed E-state index contributed by atoms with van der Waals surface area (Å²) in [6, 6.07) is 5.69. The van der Waals surface area contributed by atoms with Crippen LogP contribution in [0.5, 0.6) is 0 Å². The Kier molecular flexibility index (Phi) is 1.71. The molecule has 12 heavy (non-hydrogen) atoms. The summed E-state index contributed by atoms with van der Waals surface area (Å²) in [7, 11) is 0. The first kappa shape index (κ1) is 7.52. The molecule has 0 aliphatic rings. The second kappa shape index (κ2) is 2.73. The Hall–Kier alpha value is -1.13. The Morgan fingerprint density at radius 2 is 2.33 bits per heavy atom. The Morgan fingerprint density at radius 1 is 1.50 bits per heavy atom. The van der Waals surface area contributed by atoms with Gasteiger partial charge in [-0.3, -0.25) is 0 Å². The molecule has 0 amide bonds. The van der Waals surface area contributed by atoms with Gasteiger partial charge in [0.2, 0.25) is 0 Å². The minimum atomic E-state index is 0.0144. The van der Waals surface area contributed by atoms with Gasteiger partial charge in [0.15, 0.2) is 5.13 Å². The Bertz CT molecular complexity index is 410. The monoisotopic (exact) mass is 180 g/mol.